The predicted molar refractivity (Wildman–Crippen MR) is 140 cm³/mol. The number of nitrogens with zero attached hydrogens (tertiary/aromatic N) is 3. The molecule has 6 heteroatoms. The van der Waals surface area contributed by atoms with Gasteiger partial charge >= 0.3 is 0 Å². The first-order chi connectivity index (χ1) is 17.2. The van der Waals surface area contributed by atoms with Gasteiger partial charge in [0.05, 0.1) is 12.3 Å². The highest BCUT2D eigenvalue weighted by molar-refractivity contribution is 5.86. The van der Waals surface area contributed by atoms with E-state index in [1.165, 1.54) is 19.3 Å². The number of benzene rings is 2. The van der Waals surface area contributed by atoms with E-state index in [0.29, 0.717) is 6.42 Å². The fourth-order valence-electron chi connectivity index (χ4n) is 5.03. The van der Waals surface area contributed by atoms with Crippen LogP contribution in [0.3, 0.4) is 0 Å². The Morgan fingerprint density at radius 2 is 1.74 bits per heavy atom. The van der Waals surface area contributed by atoms with Gasteiger partial charge in [-0.05, 0) is 62.6 Å². The maximum atomic E-state index is 13.7. The van der Waals surface area contributed by atoms with Crippen molar-refractivity contribution in [2.24, 2.45) is 5.92 Å². The van der Waals surface area contributed by atoms with Crippen LogP contribution in [0.1, 0.15) is 48.9 Å². The molecule has 1 aliphatic heterocycles. The molecule has 4 aromatic rings. The average molecular weight is 469 g/mol. The fourth-order valence-corrected chi connectivity index (χ4v) is 5.03. The molecule has 1 N–H and O–H groups in total. The monoisotopic (exact) mass is 468 g/mol. The van der Waals surface area contributed by atoms with Crippen LogP contribution in [0.4, 0.5) is 5.69 Å². The first kappa shape index (κ1) is 22.0. The summed E-state index contributed by atoms with van der Waals surface area (Å²) < 4.78 is 7.52. The lowest BCUT2D eigenvalue weighted by Crippen LogP contribution is -2.30. The minimum atomic E-state index is -0.0259. The number of anilines is 1. The summed E-state index contributed by atoms with van der Waals surface area (Å²) in [6, 6.07) is 18.4. The molecule has 0 amide bonds. The number of hydrogen-bond donors (Lipinski definition) is 1. The van der Waals surface area contributed by atoms with Gasteiger partial charge in [-0.2, -0.15) is 4.52 Å². The highest BCUT2D eigenvalue weighted by Crippen LogP contribution is 2.35. The van der Waals surface area contributed by atoms with Gasteiger partial charge in [-0.3, -0.25) is 9.89 Å². The van der Waals surface area contributed by atoms with Crippen LogP contribution >= 0.6 is 0 Å². The van der Waals surface area contributed by atoms with Crippen molar-refractivity contribution in [1.29, 1.82) is 0 Å². The first-order valence-corrected chi connectivity index (χ1v) is 12.8. The molecule has 1 saturated carbocycles. The SMILES string of the molecule is Cc1nc2c(N3CCCCC3)c(-c3ccccc3)[nH]n2c(=O)c1Cc1ccc(OCC2CC2)cc1. The van der Waals surface area contributed by atoms with E-state index < -0.39 is 0 Å². The molecule has 3 heterocycles. The fraction of sp³-hybridized carbons (Fsp3) is 0.379. The Kier molecular flexibility index (Phi) is 5.80. The number of fused-ring (bicyclic) bond motifs is 1. The van der Waals surface area contributed by atoms with Crippen molar-refractivity contribution in [3.05, 3.63) is 81.8 Å². The molecule has 0 bridgehead atoms. The normalized spacial score (nSPS) is 16.1. The summed E-state index contributed by atoms with van der Waals surface area (Å²) in [5, 5.41) is 3.42. The molecule has 2 fully saturated rings. The van der Waals surface area contributed by atoms with Crippen molar-refractivity contribution in [3.8, 4) is 17.0 Å². The molecule has 2 aliphatic rings. The van der Waals surface area contributed by atoms with Gasteiger partial charge in [0.1, 0.15) is 11.4 Å². The third-order valence-electron chi connectivity index (χ3n) is 7.28. The number of rotatable bonds is 7. The lowest BCUT2D eigenvalue weighted by molar-refractivity contribution is 0.299. The van der Waals surface area contributed by atoms with Crippen molar-refractivity contribution in [1.82, 2.24) is 14.6 Å². The standard InChI is InChI=1S/C29H32N4O2/c1-20-25(18-21-12-14-24(15-13-21)35-19-22-10-11-22)29(34)33-28(30-20)27(32-16-6-3-7-17-32)26(31-33)23-8-4-2-5-9-23/h2,4-5,8-9,12-15,22,31H,3,6-7,10-11,16-19H2,1H3. The number of aryl methyl sites for hydroxylation is 1. The molecular weight excluding hydrogens is 436 g/mol. The highest BCUT2D eigenvalue weighted by Gasteiger charge is 2.25. The van der Waals surface area contributed by atoms with Crippen molar-refractivity contribution in [3.63, 3.8) is 0 Å². The highest BCUT2D eigenvalue weighted by atomic mass is 16.5. The Balaban J connectivity index is 1.37. The van der Waals surface area contributed by atoms with Crippen LogP contribution in [0.25, 0.3) is 16.9 Å². The van der Waals surface area contributed by atoms with Gasteiger partial charge in [0, 0.05) is 36.3 Å². The number of nitrogens with one attached hydrogen (secondary N) is 1. The molecule has 2 aromatic carbocycles. The lowest BCUT2D eigenvalue weighted by atomic mass is 10.0. The molecule has 35 heavy (non-hydrogen) atoms. The zero-order chi connectivity index (χ0) is 23.8. The number of H-pyrrole nitrogens is 1. The van der Waals surface area contributed by atoms with E-state index in [1.807, 2.05) is 37.3 Å². The van der Waals surface area contributed by atoms with Gasteiger partial charge in [-0.15, -0.1) is 0 Å². The summed E-state index contributed by atoms with van der Waals surface area (Å²) in [6.45, 7) is 4.73. The number of aromatic nitrogens is 3. The summed E-state index contributed by atoms with van der Waals surface area (Å²) in [5.74, 6) is 1.62. The molecule has 0 unspecified atom stereocenters. The second kappa shape index (κ2) is 9.25. The first-order valence-electron chi connectivity index (χ1n) is 12.8. The minimum absolute atomic E-state index is 0.0259. The molecule has 6 nitrogen and oxygen atoms in total. The van der Waals surface area contributed by atoms with Crippen LogP contribution in [-0.4, -0.2) is 34.3 Å². The maximum Gasteiger partial charge on any atom is 0.276 e. The summed E-state index contributed by atoms with van der Waals surface area (Å²) in [5.41, 5.74) is 6.37. The van der Waals surface area contributed by atoms with E-state index in [0.717, 1.165) is 83.6 Å². The summed E-state index contributed by atoms with van der Waals surface area (Å²) in [7, 11) is 0. The van der Waals surface area contributed by atoms with Crippen LogP contribution in [-0.2, 0) is 6.42 Å². The summed E-state index contributed by atoms with van der Waals surface area (Å²) >= 11 is 0. The van der Waals surface area contributed by atoms with E-state index in [-0.39, 0.29) is 5.56 Å². The molecular formula is C29H32N4O2. The Bertz CT molecular complexity index is 1380. The third-order valence-corrected chi connectivity index (χ3v) is 7.28. The smallest absolute Gasteiger partial charge is 0.276 e. The second-order valence-corrected chi connectivity index (χ2v) is 9.96. The van der Waals surface area contributed by atoms with E-state index in [4.69, 9.17) is 9.72 Å². The summed E-state index contributed by atoms with van der Waals surface area (Å²) in [6.07, 6.45) is 6.67. The van der Waals surface area contributed by atoms with Crippen LogP contribution < -0.4 is 15.2 Å². The van der Waals surface area contributed by atoms with E-state index >= 15 is 0 Å². The zero-order valence-corrected chi connectivity index (χ0v) is 20.3. The molecule has 0 atom stereocenters. The number of hydrogen-bond acceptors (Lipinski definition) is 4. The Labute approximate surface area is 205 Å². The van der Waals surface area contributed by atoms with Crippen molar-refractivity contribution in [2.75, 3.05) is 24.6 Å². The molecule has 0 spiro atoms. The Morgan fingerprint density at radius 1 is 1.00 bits per heavy atom. The molecule has 1 saturated heterocycles. The van der Waals surface area contributed by atoms with E-state index in [2.05, 4.69) is 34.3 Å². The molecule has 1 aliphatic carbocycles. The van der Waals surface area contributed by atoms with Gasteiger partial charge in [-0.25, -0.2) is 4.98 Å². The van der Waals surface area contributed by atoms with Crippen LogP contribution in [0.15, 0.2) is 59.4 Å². The van der Waals surface area contributed by atoms with Crippen LogP contribution in [0.2, 0.25) is 0 Å². The molecule has 180 valence electrons. The van der Waals surface area contributed by atoms with Crippen molar-refractivity contribution >= 4 is 11.3 Å². The van der Waals surface area contributed by atoms with Gasteiger partial charge in [0.15, 0.2) is 5.65 Å². The topological polar surface area (TPSA) is 62.6 Å². The average Bonchev–Trinajstić information content (AvgIpc) is 3.66. The van der Waals surface area contributed by atoms with Crippen LogP contribution in [0.5, 0.6) is 5.75 Å². The zero-order valence-electron chi connectivity index (χ0n) is 20.3. The Morgan fingerprint density at radius 3 is 2.46 bits per heavy atom. The molecule has 0 radical (unpaired) electrons. The van der Waals surface area contributed by atoms with Gasteiger partial charge in [0.2, 0.25) is 0 Å². The quantitative estimate of drug-likeness (QED) is 0.396. The van der Waals surface area contributed by atoms with Crippen molar-refractivity contribution in [2.45, 2.75) is 45.4 Å². The number of piperidine rings is 1. The third kappa shape index (κ3) is 4.45. The predicted octanol–water partition coefficient (Wildman–Crippen LogP) is 5.37. The second-order valence-electron chi connectivity index (χ2n) is 9.96. The molecule has 2 aromatic heterocycles. The largest absolute Gasteiger partial charge is 0.493 e. The number of ether oxygens (including phenoxy) is 1. The summed E-state index contributed by atoms with van der Waals surface area (Å²) in [4.78, 5) is 21.1. The van der Waals surface area contributed by atoms with Crippen LogP contribution in [0, 0.1) is 12.8 Å². The lowest BCUT2D eigenvalue weighted by Gasteiger charge is -2.28. The van der Waals surface area contributed by atoms with E-state index in [1.54, 1.807) is 4.52 Å². The minimum Gasteiger partial charge on any atom is -0.493 e. The Hall–Kier alpha value is -3.54. The van der Waals surface area contributed by atoms with Crippen molar-refractivity contribution < 1.29 is 4.74 Å². The van der Waals surface area contributed by atoms with Gasteiger partial charge in [0.25, 0.3) is 5.56 Å². The maximum absolute atomic E-state index is 13.7. The van der Waals surface area contributed by atoms with Gasteiger partial charge < -0.3 is 9.64 Å². The number of aromatic amines is 1. The molecule has 6 rings (SSSR count). The van der Waals surface area contributed by atoms with Gasteiger partial charge in [-0.1, -0.05) is 42.5 Å². The van der Waals surface area contributed by atoms with E-state index in [9.17, 15) is 4.79 Å².